The largest absolute Gasteiger partial charge is 0.481 e. The normalized spacial score (nSPS) is 12.8. The van der Waals surface area contributed by atoms with Gasteiger partial charge in [0.2, 0.25) is 0 Å². The van der Waals surface area contributed by atoms with Crippen molar-refractivity contribution in [3.8, 4) is 0 Å². The molecular weight excluding hydrogens is 289 g/mol. The van der Waals surface area contributed by atoms with Crippen molar-refractivity contribution >= 4 is 27.4 Å². The summed E-state index contributed by atoms with van der Waals surface area (Å²) in [6, 6.07) is 4.02. The minimum absolute atomic E-state index is 0.0649. The highest BCUT2D eigenvalue weighted by molar-refractivity contribution is 7.17. The number of carboxylic acids is 1. The number of carbonyl (C=O) groups is 1. The molecule has 0 fully saturated rings. The Morgan fingerprint density at radius 2 is 1.95 bits per heavy atom. The van der Waals surface area contributed by atoms with Crippen molar-refractivity contribution in [3.63, 3.8) is 0 Å². The number of hydrogen-bond donors (Lipinski definition) is 1. The molecule has 2 rings (SSSR count). The molecule has 1 heterocycles. The van der Waals surface area contributed by atoms with Gasteiger partial charge in [-0.15, -0.1) is 11.3 Å². The standard InChI is InChI=1S/C14H13F3O2S/c1-13(2,12(18)19)6-8-7-20-10-5-3-4-9(11(8)10)14(15,16)17/h3-5,7H,6H2,1-2H3,(H,18,19). The summed E-state index contributed by atoms with van der Waals surface area (Å²) in [5, 5.41) is 10.9. The molecule has 0 atom stereocenters. The number of halogens is 3. The second-order valence-electron chi connectivity index (χ2n) is 5.30. The van der Waals surface area contributed by atoms with Crippen LogP contribution in [-0.4, -0.2) is 11.1 Å². The highest BCUT2D eigenvalue weighted by Gasteiger charge is 2.35. The summed E-state index contributed by atoms with van der Waals surface area (Å²) in [4.78, 5) is 11.1. The molecule has 1 aromatic carbocycles. The average molecular weight is 302 g/mol. The van der Waals surface area contributed by atoms with Gasteiger partial charge >= 0.3 is 12.1 Å². The second kappa shape index (κ2) is 4.77. The van der Waals surface area contributed by atoms with Crippen LogP contribution in [0.5, 0.6) is 0 Å². The van der Waals surface area contributed by atoms with E-state index in [4.69, 9.17) is 5.11 Å². The number of benzene rings is 1. The maximum Gasteiger partial charge on any atom is 0.417 e. The Hall–Kier alpha value is -1.56. The molecule has 0 amide bonds. The molecule has 0 aliphatic heterocycles. The van der Waals surface area contributed by atoms with E-state index in [-0.39, 0.29) is 11.8 Å². The molecule has 2 aromatic rings. The summed E-state index contributed by atoms with van der Waals surface area (Å²) in [5.41, 5.74) is -1.37. The lowest BCUT2D eigenvalue weighted by Gasteiger charge is -2.19. The van der Waals surface area contributed by atoms with Crippen LogP contribution in [0.4, 0.5) is 13.2 Å². The Kier molecular flexibility index (Phi) is 3.54. The van der Waals surface area contributed by atoms with E-state index in [1.54, 1.807) is 11.4 Å². The summed E-state index contributed by atoms with van der Waals surface area (Å²) in [6.07, 6.45) is -4.38. The fraction of sp³-hybridized carbons (Fsp3) is 0.357. The minimum atomic E-state index is -4.44. The van der Waals surface area contributed by atoms with Crippen molar-refractivity contribution in [2.24, 2.45) is 5.41 Å². The third kappa shape index (κ3) is 2.65. The summed E-state index contributed by atoms with van der Waals surface area (Å²) in [6.45, 7) is 3.02. The highest BCUT2D eigenvalue weighted by atomic mass is 32.1. The van der Waals surface area contributed by atoms with Crippen LogP contribution in [0.3, 0.4) is 0 Å². The van der Waals surface area contributed by atoms with Gasteiger partial charge in [0.15, 0.2) is 0 Å². The van der Waals surface area contributed by atoms with E-state index in [0.29, 0.717) is 10.3 Å². The quantitative estimate of drug-likeness (QED) is 0.901. The van der Waals surface area contributed by atoms with Crippen molar-refractivity contribution < 1.29 is 23.1 Å². The van der Waals surface area contributed by atoms with E-state index in [1.807, 2.05) is 0 Å². The Labute approximate surface area is 117 Å². The molecule has 1 aromatic heterocycles. The fourth-order valence-electron chi connectivity index (χ4n) is 2.07. The number of aliphatic carboxylic acids is 1. The van der Waals surface area contributed by atoms with Crippen LogP contribution >= 0.6 is 11.3 Å². The number of fused-ring (bicyclic) bond motifs is 1. The van der Waals surface area contributed by atoms with Gasteiger partial charge in [-0.05, 0) is 43.3 Å². The monoisotopic (exact) mass is 302 g/mol. The van der Waals surface area contributed by atoms with Crippen LogP contribution in [0.1, 0.15) is 25.0 Å². The number of thiophene rings is 1. The number of alkyl halides is 3. The molecule has 0 bridgehead atoms. The summed E-state index contributed by atoms with van der Waals surface area (Å²) >= 11 is 1.20. The van der Waals surface area contributed by atoms with Crippen molar-refractivity contribution in [1.82, 2.24) is 0 Å². The zero-order valence-electron chi connectivity index (χ0n) is 10.9. The topological polar surface area (TPSA) is 37.3 Å². The van der Waals surface area contributed by atoms with E-state index in [1.165, 1.54) is 31.3 Å². The van der Waals surface area contributed by atoms with Gasteiger partial charge in [0, 0.05) is 10.1 Å². The first-order chi connectivity index (χ1) is 9.13. The molecule has 0 unspecified atom stereocenters. The van der Waals surface area contributed by atoms with Crippen LogP contribution in [0.15, 0.2) is 23.6 Å². The maximum atomic E-state index is 13.1. The first-order valence-electron chi connectivity index (χ1n) is 5.92. The lowest BCUT2D eigenvalue weighted by molar-refractivity contribution is -0.146. The number of carboxylic acid groups (broad SMARTS) is 1. The lowest BCUT2D eigenvalue weighted by Crippen LogP contribution is -2.26. The van der Waals surface area contributed by atoms with Crippen LogP contribution in [0, 0.1) is 5.41 Å². The molecule has 2 nitrogen and oxygen atoms in total. The molecule has 6 heteroatoms. The molecule has 0 radical (unpaired) electrons. The van der Waals surface area contributed by atoms with Crippen LogP contribution in [0.2, 0.25) is 0 Å². The maximum absolute atomic E-state index is 13.1. The lowest BCUT2D eigenvalue weighted by atomic mass is 9.85. The van der Waals surface area contributed by atoms with E-state index >= 15 is 0 Å². The first-order valence-corrected chi connectivity index (χ1v) is 6.80. The predicted molar refractivity (Wildman–Crippen MR) is 71.9 cm³/mol. The van der Waals surface area contributed by atoms with Crippen molar-refractivity contribution in [1.29, 1.82) is 0 Å². The summed E-state index contributed by atoms with van der Waals surface area (Å²) < 4.78 is 39.7. The van der Waals surface area contributed by atoms with Crippen molar-refractivity contribution in [2.45, 2.75) is 26.4 Å². The zero-order chi connectivity index (χ0) is 15.1. The van der Waals surface area contributed by atoms with Gasteiger partial charge in [-0.1, -0.05) is 6.07 Å². The van der Waals surface area contributed by atoms with Crippen LogP contribution in [-0.2, 0) is 17.4 Å². The second-order valence-corrected chi connectivity index (χ2v) is 6.21. The third-order valence-electron chi connectivity index (χ3n) is 3.19. The Morgan fingerprint density at radius 3 is 2.50 bits per heavy atom. The van der Waals surface area contributed by atoms with Crippen molar-refractivity contribution in [3.05, 3.63) is 34.7 Å². The van der Waals surface area contributed by atoms with Gasteiger partial charge in [0.25, 0.3) is 0 Å². The predicted octanol–water partition coefficient (Wildman–Crippen LogP) is 4.57. The zero-order valence-corrected chi connectivity index (χ0v) is 11.7. The van der Waals surface area contributed by atoms with Gasteiger partial charge in [0.05, 0.1) is 11.0 Å². The third-order valence-corrected chi connectivity index (χ3v) is 4.19. The summed E-state index contributed by atoms with van der Waals surface area (Å²) in [7, 11) is 0. The van der Waals surface area contributed by atoms with E-state index in [2.05, 4.69) is 0 Å². The SMILES string of the molecule is CC(C)(Cc1csc2cccc(C(F)(F)F)c12)C(=O)O. The minimum Gasteiger partial charge on any atom is -0.481 e. The first kappa shape index (κ1) is 14.8. The molecular formula is C14H13F3O2S. The molecule has 108 valence electrons. The fourth-order valence-corrected chi connectivity index (χ4v) is 3.06. The molecule has 0 spiro atoms. The van der Waals surface area contributed by atoms with Gasteiger partial charge in [-0.25, -0.2) is 0 Å². The molecule has 0 saturated heterocycles. The Balaban J connectivity index is 2.59. The molecule has 0 saturated carbocycles. The van der Waals surface area contributed by atoms with Gasteiger partial charge < -0.3 is 5.11 Å². The van der Waals surface area contributed by atoms with E-state index in [0.717, 1.165) is 6.07 Å². The smallest absolute Gasteiger partial charge is 0.417 e. The highest BCUT2D eigenvalue weighted by Crippen LogP contribution is 2.40. The van der Waals surface area contributed by atoms with Gasteiger partial charge in [-0.3, -0.25) is 4.79 Å². The van der Waals surface area contributed by atoms with Crippen molar-refractivity contribution in [2.75, 3.05) is 0 Å². The number of rotatable bonds is 3. The van der Waals surface area contributed by atoms with Crippen LogP contribution in [0.25, 0.3) is 10.1 Å². The summed E-state index contributed by atoms with van der Waals surface area (Å²) in [5.74, 6) is -1.03. The Bertz CT molecular complexity index is 656. The number of hydrogen-bond acceptors (Lipinski definition) is 2. The molecule has 0 aliphatic carbocycles. The molecule has 20 heavy (non-hydrogen) atoms. The van der Waals surface area contributed by atoms with E-state index < -0.39 is 23.1 Å². The van der Waals surface area contributed by atoms with Gasteiger partial charge in [0.1, 0.15) is 0 Å². The average Bonchev–Trinajstić information content (AvgIpc) is 2.70. The Morgan fingerprint density at radius 1 is 1.30 bits per heavy atom. The van der Waals surface area contributed by atoms with Crippen LogP contribution < -0.4 is 0 Å². The molecule has 0 aliphatic rings. The molecule has 1 N–H and O–H groups in total. The van der Waals surface area contributed by atoms with Gasteiger partial charge in [-0.2, -0.15) is 13.2 Å². The van der Waals surface area contributed by atoms with E-state index in [9.17, 15) is 18.0 Å².